The predicted molar refractivity (Wildman–Crippen MR) is 83.0 cm³/mol. The fraction of sp³-hybridized carbons (Fsp3) is 0.882. The molecule has 0 spiro atoms. The van der Waals surface area contributed by atoms with Crippen LogP contribution in [0.1, 0.15) is 53.9 Å². The van der Waals surface area contributed by atoms with Crippen LogP contribution in [0.3, 0.4) is 0 Å². The Balaban J connectivity index is 1.89. The molecule has 1 aliphatic heterocycles. The number of carboxylic acid groups (broad SMARTS) is 1. The monoisotopic (exact) mass is 325 g/mol. The summed E-state index contributed by atoms with van der Waals surface area (Å²) in [5.74, 6) is -0.600. The first-order chi connectivity index (χ1) is 10.5. The zero-order valence-electron chi connectivity index (χ0n) is 14.6. The lowest BCUT2D eigenvalue weighted by Crippen LogP contribution is -2.63. The molecule has 4 bridgehead atoms. The molecule has 130 valence electrons. The quantitative estimate of drug-likeness (QED) is 0.833. The second-order valence-corrected chi connectivity index (χ2v) is 8.78. The molecule has 2 N–H and O–H groups in total. The van der Waals surface area contributed by atoms with Gasteiger partial charge in [0.1, 0.15) is 11.2 Å². The zero-order chi connectivity index (χ0) is 17.3. The first-order valence-electron chi connectivity index (χ1n) is 8.31. The molecule has 1 saturated heterocycles. The molecule has 6 heteroatoms. The number of carboxylic acids is 1. The summed E-state index contributed by atoms with van der Waals surface area (Å²) in [6.45, 7) is 10.1. The van der Waals surface area contributed by atoms with Crippen LogP contribution in [0.15, 0.2) is 0 Å². The molecule has 5 atom stereocenters. The minimum atomic E-state index is -1.09. The van der Waals surface area contributed by atoms with Gasteiger partial charge in [-0.2, -0.15) is 0 Å². The van der Waals surface area contributed by atoms with Gasteiger partial charge in [0.05, 0.1) is 6.61 Å². The number of hydrogen-bond donors (Lipinski definition) is 2. The highest BCUT2D eigenvalue weighted by atomic mass is 16.6. The van der Waals surface area contributed by atoms with Gasteiger partial charge in [-0.1, -0.05) is 13.8 Å². The van der Waals surface area contributed by atoms with Crippen molar-refractivity contribution in [2.45, 2.75) is 71.1 Å². The van der Waals surface area contributed by atoms with Gasteiger partial charge in [-0.15, -0.1) is 0 Å². The van der Waals surface area contributed by atoms with Crippen molar-refractivity contribution >= 4 is 12.1 Å². The molecule has 1 heterocycles. The summed E-state index contributed by atoms with van der Waals surface area (Å²) in [6, 6.07) is -1.09. The van der Waals surface area contributed by atoms with E-state index in [-0.39, 0.29) is 10.8 Å². The fourth-order valence-corrected chi connectivity index (χ4v) is 5.23. The molecule has 0 aromatic heterocycles. The van der Waals surface area contributed by atoms with Crippen molar-refractivity contribution in [3.8, 4) is 0 Å². The first-order valence-corrected chi connectivity index (χ1v) is 8.31. The van der Waals surface area contributed by atoms with Crippen LogP contribution in [0.25, 0.3) is 0 Å². The molecule has 3 fully saturated rings. The Morgan fingerprint density at radius 3 is 2.48 bits per heavy atom. The van der Waals surface area contributed by atoms with Crippen LogP contribution in [0, 0.1) is 16.7 Å². The second-order valence-electron chi connectivity index (χ2n) is 8.78. The maximum Gasteiger partial charge on any atom is 0.408 e. The highest BCUT2D eigenvalue weighted by molar-refractivity contribution is 5.82. The van der Waals surface area contributed by atoms with Gasteiger partial charge in [-0.3, -0.25) is 0 Å². The lowest BCUT2D eigenvalue weighted by atomic mass is 9.64. The summed E-state index contributed by atoms with van der Waals surface area (Å²) < 4.78 is 11.3. The van der Waals surface area contributed by atoms with E-state index in [0.29, 0.717) is 18.9 Å². The fourth-order valence-electron chi connectivity index (χ4n) is 5.23. The molecule has 2 saturated carbocycles. The second kappa shape index (κ2) is 4.62. The molecular weight excluding hydrogens is 298 g/mol. The van der Waals surface area contributed by atoms with E-state index in [0.717, 1.165) is 12.8 Å². The molecule has 1 amide bonds. The predicted octanol–water partition coefficient (Wildman–Crippen LogP) is 2.56. The Labute approximate surface area is 136 Å². The van der Waals surface area contributed by atoms with Crippen LogP contribution >= 0.6 is 0 Å². The number of nitrogens with one attached hydrogen (secondary N) is 1. The van der Waals surface area contributed by atoms with Crippen LogP contribution in [0.5, 0.6) is 0 Å². The summed E-state index contributed by atoms with van der Waals surface area (Å²) in [6.07, 6.45) is 2.03. The average Bonchev–Trinajstić information content (AvgIpc) is 2.85. The van der Waals surface area contributed by atoms with E-state index >= 15 is 0 Å². The minimum absolute atomic E-state index is 0.00366. The Hall–Kier alpha value is -1.30. The summed E-state index contributed by atoms with van der Waals surface area (Å²) >= 11 is 0. The van der Waals surface area contributed by atoms with Crippen molar-refractivity contribution in [3.05, 3.63) is 0 Å². The summed E-state index contributed by atoms with van der Waals surface area (Å²) in [5, 5.41) is 12.3. The van der Waals surface area contributed by atoms with Gasteiger partial charge in [0.25, 0.3) is 0 Å². The lowest BCUT2D eigenvalue weighted by Gasteiger charge is -2.45. The van der Waals surface area contributed by atoms with Crippen molar-refractivity contribution in [2.24, 2.45) is 16.7 Å². The van der Waals surface area contributed by atoms with Crippen molar-refractivity contribution in [1.82, 2.24) is 5.32 Å². The molecule has 23 heavy (non-hydrogen) atoms. The van der Waals surface area contributed by atoms with Crippen LogP contribution < -0.4 is 5.32 Å². The molecule has 3 aliphatic rings. The zero-order valence-corrected chi connectivity index (χ0v) is 14.6. The standard InChI is InChI=1S/C17H27NO5/c1-14(2,3)23-13(21)18-11(12(19)20)17-8-10-6-7-16(17,5)15(10,4)9-22-17/h10-11H,6-9H2,1-5H3,(H,18,21)(H,19,20)/t10-,11-,15+,16-,17+/m1/s1. The van der Waals surface area contributed by atoms with Gasteiger partial charge in [-0.05, 0) is 46.0 Å². The van der Waals surface area contributed by atoms with Gasteiger partial charge >= 0.3 is 12.1 Å². The van der Waals surface area contributed by atoms with E-state index in [1.165, 1.54) is 0 Å². The van der Waals surface area contributed by atoms with Crippen molar-refractivity contribution in [1.29, 1.82) is 0 Å². The normalized spacial score (nSPS) is 42.6. The lowest BCUT2D eigenvalue weighted by molar-refractivity contribution is -0.159. The van der Waals surface area contributed by atoms with E-state index < -0.39 is 29.3 Å². The van der Waals surface area contributed by atoms with Crippen LogP contribution in [-0.4, -0.2) is 41.0 Å². The van der Waals surface area contributed by atoms with Gasteiger partial charge in [0, 0.05) is 10.8 Å². The third-order valence-corrected chi connectivity index (χ3v) is 6.64. The van der Waals surface area contributed by atoms with Crippen molar-refractivity contribution in [2.75, 3.05) is 6.61 Å². The third-order valence-electron chi connectivity index (χ3n) is 6.64. The number of alkyl carbamates (subject to hydrolysis) is 1. The maximum atomic E-state index is 12.1. The molecule has 6 nitrogen and oxygen atoms in total. The van der Waals surface area contributed by atoms with Gasteiger partial charge in [0.15, 0.2) is 6.04 Å². The van der Waals surface area contributed by atoms with Gasteiger partial charge in [0.2, 0.25) is 0 Å². The Bertz CT molecular complexity index is 556. The van der Waals surface area contributed by atoms with Crippen molar-refractivity contribution < 1.29 is 24.2 Å². The van der Waals surface area contributed by atoms with Gasteiger partial charge < -0.3 is 19.9 Å². The number of rotatable bonds is 3. The van der Waals surface area contributed by atoms with E-state index in [4.69, 9.17) is 9.47 Å². The third kappa shape index (κ3) is 2.03. The van der Waals surface area contributed by atoms with E-state index in [1.807, 2.05) is 0 Å². The number of ether oxygens (including phenoxy) is 2. The first kappa shape index (κ1) is 16.6. The molecule has 0 aromatic rings. The number of amides is 1. The largest absolute Gasteiger partial charge is 0.480 e. The summed E-state index contributed by atoms with van der Waals surface area (Å²) in [7, 11) is 0. The van der Waals surface area contributed by atoms with E-state index in [1.54, 1.807) is 20.8 Å². The maximum absolute atomic E-state index is 12.1. The smallest absolute Gasteiger partial charge is 0.408 e. The minimum Gasteiger partial charge on any atom is -0.480 e. The number of carbonyl (C=O) groups excluding carboxylic acids is 1. The molecular formula is C17H27NO5. The molecule has 0 unspecified atom stereocenters. The van der Waals surface area contributed by atoms with E-state index in [2.05, 4.69) is 19.2 Å². The molecule has 3 rings (SSSR count). The Kier molecular flexibility index (Phi) is 3.33. The summed E-state index contributed by atoms with van der Waals surface area (Å²) in [5.41, 5.74) is -1.75. The van der Waals surface area contributed by atoms with Crippen molar-refractivity contribution in [3.63, 3.8) is 0 Å². The molecule has 0 radical (unpaired) electrons. The van der Waals surface area contributed by atoms with E-state index in [9.17, 15) is 14.7 Å². The van der Waals surface area contributed by atoms with Crippen LogP contribution in [0.4, 0.5) is 4.79 Å². The number of carbonyl (C=O) groups is 2. The summed E-state index contributed by atoms with van der Waals surface area (Å²) in [4.78, 5) is 24.1. The van der Waals surface area contributed by atoms with Gasteiger partial charge in [-0.25, -0.2) is 9.59 Å². The SMILES string of the molecule is CC(C)(C)OC(=O)N[C@H](C(=O)O)[C@@]12C[C@H]3CC[C@]1(C)[C@@]3(C)CO2. The number of aliphatic carboxylic acids is 1. The van der Waals surface area contributed by atoms with Crippen LogP contribution in [-0.2, 0) is 14.3 Å². The molecule has 2 aliphatic carbocycles. The average molecular weight is 325 g/mol. The topological polar surface area (TPSA) is 84.9 Å². The Morgan fingerprint density at radius 1 is 1.35 bits per heavy atom. The highest BCUT2D eigenvalue weighted by Crippen LogP contribution is 2.75. The molecule has 0 aromatic carbocycles. The van der Waals surface area contributed by atoms with Crippen LogP contribution in [0.2, 0.25) is 0 Å². The highest BCUT2D eigenvalue weighted by Gasteiger charge is 2.78. The number of hydrogen-bond acceptors (Lipinski definition) is 4. The Morgan fingerprint density at radius 2 is 2.00 bits per heavy atom.